The van der Waals surface area contributed by atoms with Crippen molar-refractivity contribution >= 4 is 12.0 Å². The molecule has 1 N–H and O–H groups in total. The first-order chi connectivity index (χ1) is 13.1. The first-order valence-corrected chi connectivity index (χ1v) is 8.31. The van der Waals surface area contributed by atoms with Gasteiger partial charge in [0.05, 0.1) is 25.0 Å². The molecule has 5 nitrogen and oxygen atoms in total. The number of methoxy groups -OCH3 is 1. The van der Waals surface area contributed by atoms with Crippen molar-refractivity contribution in [3.05, 3.63) is 84.1 Å². The zero-order valence-corrected chi connectivity index (χ0v) is 14.7. The number of carbonyl (C=O) groups is 1. The normalized spacial score (nSPS) is 10.7. The van der Waals surface area contributed by atoms with Crippen LogP contribution >= 0.6 is 0 Å². The van der Waals surface area contributed by atoms with Crippen LogP contribution in [0.4, 0.5) is 4.39 Å². The molecular weight excluding hydrogens is 345 g/mol. The number of nitrogens with one attached hydrogen (secondary N) is 1. The maximum absolute atomic E-state index is 12.9. The fraction of sp³-hybridized carbons (Fsp3) is 0.0952. The number of halogens is 1. The third kappa shape index (κ3) is 5.22. The summed E-state index contributed by atoms with van der Waals surface area (Å²) >= 11 is 0. The van der Waals surface area contributed by atoms with Gasteiger partial charge in [-0.15, -0.1) is 0 Å². The Balaban J connectivity index is 1.60. The predicted octanol–water partition coefficient (Wildman–Crippen LogP) is 3.62. The van der Waals surface area contributed by atoms with Crippen molar-refractivity contribution in [1.82, 2.24) is 15.3 Å². The molecule has 0 saturated heterocycles. The van der Waals surface area contributed by atoms with E-state index in [0.29, 0.717) is 5.69 Å². The predicted molar refractivity (Wildman–Crippen MR) is 101 cm³/mol. The number of aromatic nitrogens is 2. The number of ether oxygens (including phenoxy) is 1. The van der Waals surface area contributed by atoms with Gasteiger partial charge in [0.1, 0.15) is 17.9 Å². The van der Waals surface area contributed by atoms with Gasteiger partial charge in [-0.05, 0) is 54.1 Å². The molecule has 1 amide bonds. The van der Waals surface area contributed by atoms with Crippen LogP contribution in [0.3, 0.4) is 0 Å². The largest absolute Gasteiger partial charge is 0.497 e. The molecule has 3 rings (SSSR count). The van der Waals surface area contributed by atoms with Crippen molar-refractivity contribution in [1.29, 1.82) is 0 Å². The molecule has 27 heavy (non-hydrogen) atoms. The number of hydrogen-bond donors (Lipinski definition) is 1. The maximum atomic E-state index is 12.9. The van der Waals surface area contributed by atoms with Crippen LogP contribution in [0.2, 0.25) is 0 Å². The minimum Gasteiger partial charge on any atom is -0.497 e. The molecule has 0 aliphatic rings. The van der Waals surface area contributed by atoms with Crippen molar-refractivity contribution in [2.45, 2.75) is 6.54 Å². The van der Waals surface area contributed by atoms with Crippen molar-refractivity contribution < 1.29 is 13.9 Å². The van der Waals surface area contributed by atoms with Gasteiger partial charge in [-0.3, -0.25) is 4.79 Å². The van der Waals surface area contributed by atoms with E-state index in [9.17, 15) is 9.18 Å². The molecule has 0 saturated carbocycles. The number of carbonyl (C=O) groups excluding carboxylic acids is 1. The van der Waals surface area contributed by atoms with Gasteiger partial charge in [0.2, 0.25) is 5.91 Å². The van der Waals surface area contributed by atoms with Crippen LogP contribution in [0, 0.1) is 5.82 Å². The van der Waals surface area contributed by atoms with Crippen LogP contribution in [0.1, 0.15) is 11.3 Å². The van der Waals surface area contributed by atoms with Gasteiger partial charge in [0.15, 0.2) is 0 Å². The minimum atomic E-state index is -0.312. The molecule has 2 aromatic carbocycles. The fourth-order valence-electron chi connectivity index (χ4n) is 2.40. The molecule has 0 unspecified atom stereocenters. The quantitative estimate of drug-likeness (QED) is 0.680. The third-order valence-electron chi connectivity index (χ3n) is 3.85. The zero-order valence-electron chi connectivity index (χ0n) is 14.7. The molecule has 3 aromatic rings. The van der Waals surface area contributed by atoms with Crippen LogP contribution in [-0.2, 0) is 11.3 Å². The Bertz CT molecular complexity index is 938. The molecule has 0 fully saturated rings. The summed E-state index contributed by atoms with van der Waals surface area (Å²) in [4.78, 5) is 20.4. The first kappa shape index (κ1) is 18.3. The molecule has 0 aliphatic heterocycles. The van der Waals surface area contributed by atoms with E-state index < -0.39 is 0 Å². The van der Waals surface area contributed by atoms with Crippen LogP contribution in [-0.4, -0.2) is 23.0 Å². The summed E-state index contributed by atoms with van der Waals surface area (Å²) < 4.78 is 18.0. The lowest BCUT2D eigenvalue weighted by Gasteiger charge is -2.06. The second kappa shape index (κ2) is 8.71. The molecule has 0 aliphatic carbocycles. The van der Waals surface area contributed by atoms with E-state index in [4.69, 9.17) is 4.74 Å². The van der Waals surface area contributed by atoms with Crippen LogP contribution in [0.25, 0.3) is 17.3 Å². The number of nitrogens with zero attached hydrogens (tertiary/aromatic N) is 2. The SMILES string of the molecule is COc1ccc(-c2cc(CNC(=O)/C=C/c3ccc(F)cc3)ncn2)cc1. The topological polar surface area (TPSA) is 64.1 Å². The molecule has 0 atom stereocenters. The van der Waals surface area contributed by atoms with E-state index in [1.807, 2.05) is 30.3 Å². The molecule has 1 heterocycles. The van der Waals surface area contributed by atoms with Gasteiger partial charge >= 0.3 is 0 Å². The second-order valence-electron chi connectivity index (χ2n) is 5.73. The first-order valence-electron chi connectivity index (χ1n) is 8.31. The highest BCUT2D eigenvalue weighted by Gasteiger charge is 2.04. The van der Waals surface area contributed by atoms with Crippen LogP contribution in [0.15, 0.2) is 67.0 Å². The van der Waals surface area contributed by atoms with Crippen molar-refractivity contribution in [3.8, 4) is 17.0 Å². The Morgan fingerprint density at radius 1 is 1.11 bits per heavy atom. The summed E-state index contributed by atoms with van der Waals surface area (Å²) in [5.74, 6) is 0.199. The Morgan fingerprint density at radius 2 is 1.85 bits per heavy atom. The number of rotatable bonds is 6. The average molecular weight is 363 g/mol. The van der Waals surface area contributed by atoms with Gasteiger partial charge in [0, 0.05) is 11.6 Å². The second-order valence-corrected chi connectivity index (χ2v) is 5.73. The van der Waals surface area contributed by atoms with Crippen molar-refractivity contribution in [2.75, 3.05) is 7.11 Å². The van der Waals surface area contributed by atoms with E-state index >= 15 is 0 Å². The highest BCUT2D eigenvalue weighted by atomic mass is 19.1. The van der Waals surface area contributed by atoms with Gasteiger partial charge < -0.3 is 10.1 Å². The summed E-state index contributed by atoms with van der Waals surface area (Å²) in [6, 6.07) is 15.3. The van der Waals surface area contributed by atoms with E-state index in [-0.39, 0.29) is 18.3 Å². The fourth-order valence-corrected chi connectivity index (χ4v) is 2.40. The van der Waals surface area contributed by atoms with E-state index in [2.05, 4.69) is 15.3 Å². The lowest BCUT2D eigenvalue weighted by molar-refractivity contribution is -0.116. The molecule has 1 aromatic heterocycles. The molecule has 0 radical (unpaired) electrons. The Morgan fingerprint density at radius 3 is 2.56 bits per heavy atom. The summed E-state index contributed by atoms with van der Waals surface area (Å²) in [6.07, 6.45) is 4.49. The van der Waals surface area contributed by atoms with Gasteiger partial charge in [-0.25, -0.2) is 14.4 Å². The minimum absolute atomic E-state index is 0.260. The van der Waals surface area contributed by atoms with E-state index in [1.165, 1.54) is 24.5 Å². The highest BCUT2D eigenvalue weighted by Crippen LogP contribution is 2.20. The summed E-state index contributed by atoms with van der Waals surface area (Å²) in [5.41, 5.74) is 3.13. The van der Waals surface area contributed by atoms with E-state index in [1.54, 1.807) is 25.3 Å². The standard InChI is InChI=1S/C21H18FN3O2/c1-27-19-9-5-16(6-10-19)20-12-18(24-14-25-20)13-23-21(26)11-4-15-2-7-17(22)8-3-15/h2-12,14H,13H2,1H3,(H,23,26)/b11-4+. The number of benzene rings is 2. The maximum Gasteiger partial charge on any atom is 0.244 e. The van der Waals surface area contributed by atoms with Crippen molar-refractivity contribution in [3.63, 3.8) is 0 Å². The third-order valence-corrected chi connectivity index (χ3v) is 3.85. The monoisotopic (exact) mass is 363 g/mol. The molecule has 0 spiro atoms. The number of amides is 1. The number of hydrogen-bond acceptors (Lipinski definition) is 4. The smallest absolute Gasteiger partial charge is 0.244 e. The lowest BCUT2D eigenvalue weighted by Crippen LogP contribution is -2.20. The lowest BCUT2D eigenvalue weighted by atomic mass is 10.1. The van der Waals surface area contributed by atoms with Crippen molar-refractivity contribution in [2.24, 2.45) is 0 Å². The Hall–Kier alpha value is -3.54. The van der Waals surface area contributed by atoms with Gasteiger partial charge in [0.25, 0.3) is 0 Å². The van der Waals surface area contributed by atoms with Crippen LogP contribution < -0.4 is 10.1 Å². The van der Waals surface area contributed by atoms with E-state index in [0.717, 1.165) is 22.6 Å². The summed E-state index contributed by atoms with van der Waals surface area (Å²) in [7, 11) is 1.62. The Kier molecular flexibility index (Phi) is 5.89. The molecular formula is C21H18FN3O2. The molecule has 6 heteroatoms. The molecule has 0 bridgehead atoms. The summed E-state index contributed by atoms with van der Waals surface area (Å²) in [5, 5.41) is 2.77. The summed E-state index contributed by atoms with van der Waals surface area (Å²) in [6.45, 7) is 0.276. The highest BCUT2D eigenvalue weighted by molar-refractivity contribution is 5.91. The Labute approximate surface area is 156 Å². The van der Waals surface area contributed by atoms with Gasteiger partial charge in [-0.1, -0.05) is 12.1 Å². The average Bonchev–Trinajstić information content (AvgIpc) is 2.72. The van der Waals surface area contributed by atoms with Gasteiger partial charge in [-0.2, -0.15) is 0 Å². The zero-order chi connectivity index (χ0) is 19.1. The molecule has 136 valence electrons. The van der Waals surface area contributed by atoms with Crippen LogP contribution in [0.5, 0.6) is 5.75 Å².